The minimum Gasteiger partial charge on any atom is -0.483 e. The lowest BCUT2D eigenvalue weighted by Crippen LogP contribution is -2.15. The molecule has 8 heteroatoms. The molecule has 120 valence electrons. The summed E-state index contributed by atoms with van der Waals surface area (Å²) in [5.74, 6) is 0.245. The topological polar surface area (TPSA) is 92.8 Å². The number of ether oxygens (including phenoxy) is 1. The number of rotatable bonds is 6. The van der Waals surface area contributed by atoms with Crippen LogP contribution in [0.5, 0.6) is 5.75 Å². The van der Waals surface area contributed by atoms with Gasteiger partial charge in [0.2, 0.25) is 11.7 Å². The number of hydrogen-bond donors (Lipinski definition) is 2. The number of allylic oxidation sites excluding steroid dienone is 2. The SMILES string of the molecule is O=C(CC1C=CCC1)Nc1ccc(F)cc1OCc1nn[nH]n1. The van der Waals surface area contributed by atoms with E-state index in [1.165, 1.54) is 18.2 Å². The molecule has 0 bridgehead atoms. The summed E-state index contributed by atoms with van der Waals surface area (Å²) in [7, 11) is 0. The number of halogens is 1. The van der Waals surface area contributed by atoms with Crippen LogP contribution in [0.4, 0.5) is 10.1 Å². The summed E-state index contributed by atoms with van der Waals surface area (Å²) in [6.07, 6.45) is 6.52. The Morgan fingerprint density at radius 1 is 1.48 bits per heavy atom. The highest BCUT2D eigenvalue weighted by molar-refractivity contribution is 5.92. The van der Waals surface area contributed by atoms with E-state index in [1.807, 2.05) is 0 Å². The summed E-state index contributed by atoms with van der Waals surface area (Å²) < 4.78 is 18.9. The quantitative estimate of drug-likeness (QED) is 0.797. The molecule has 0 aliphatic heterocycles. The lowest BCUT2D eigenvalue weighted by molar-refractivity contribution is -0.116. The predicted molar refractivity (Wildman–Crippen MR) is 80.0 cm³/mol. The van der Waals surface area contributed by atoms with Gasteiger partial charge in [0, 0.05) is 12.5 Å². The van der Waals surface area contributed by atoms with E-state index >= 15 is 0 Å². The summed E-state index contributed by atoms with van der Waals surface area (Å²) in [5, 5.41) is 16.0. The molecule has 1 unspecified atom stereocenters. The van der Waals surface area contributed by atoms with Gasteiger partial charge in [0.1, 0.15) is 11.6 Å². The molecular weight excluding hydrogens is 301 g/mol. The van der Waals surface area contributed by atoms with Crippen LogP contribution in [-0.2, 0) is 11.4 Å². The van der Waals surface area contributed by atoms with E-state index in [0.29, 0.717) is 17.9 Å². The largest absolute Gasteiger partial charge is 0.483 e. The first-order valence-electron chi connectivity index (χ1n) is 7.32. The summed E-state index contributed by atoms with van der Waals surface area (Å²) >= 11 is 0. The van der Waals surface area contributed by atoms with Crippen LogP contribution in [0.1, 0.15) is 25.1 Å². The van der Waals surface area contributed by atoms with Gasteiger partial charge in [-0.05, 0) is 30.9 Å². The van der Waals surface area contributed by atoms with Crippen molar-refractivity contribution in [1.29, 1.82) is 0 Å². The molecule has 0 fully saturated rings. The molecule has 0 spiro atoms. The van der Waals surface area contributed by atoms with Crippen molar-refractivity contribution in [2.24, 2.45) is 5.92 Å². The second-order valence-corrected chi connectivity index (χ2v) is 5.28. The molecule has 1 atom stereocenters. The molecule has 2 N–H and O–H groups in total. The maximum Gasteiger partial charge on any atom is 0.225 e. The van der Waals surface area contributed by atoms with Gasteiger partial charge in [-0.1, -0.05) is 17.4 Å². The minimum atomic E-state index is -0.454. The second kappa shape index (κ2) is 6.99. The number of nitrogens with zero attached hydrogens (tertiary/aromatic N) is 3. The summed E-state index contributed by atoms with van der Waals surface area (Å²) in [4.78, 5) is 12.1. The zero-order valence-corrected chi connectivity index (χ0v) is 12.3. The number of tetrazole rings is 1. The number of benzene rings is 1. The number of carbonyl (C=O) groups is 1. The van der Waals surface area contributed by atoms with E-state index in [1.54, 1.807) is 0 Å². The third-order valence-corrected chi connectivity index (χ3v) is 3.52. The Hall–Kier alpha value is -2.77. The molecule has 1 amide bonds. The average molecular weight is 317 g/mol. The van der Waals surface area contributed by atoms with E-state index in [9.17, 15) is 9.18 Å². The molecule has 1 aromatic heterocycles. The Balaban J connectivity index is 1.65. The third-order valence-electron chi connectivity index (χ3n) is 3.52. The second-order valence-electron chi connectivity index (χ2n) is 5.28. The van der Waals surface area contributed by atoms with Gasteiger partial charge >= 0.3 is 0 Å². The number of nitrogens with one attached hydrogen (secondary N) is 2. The fourth-order valence-electron chi connectivity index (χ4n) is 2.41. The van der Waals surface area contributed by atoms with Crippen molar-refractivity contribution in [2.45, 2.75) is 25.9 Å². The van der Waals surface area contributed by atoms with Gasteiger partial charge in [-0.2, -0.15) is 5.21 Å². The van der Waals surface area contributed by atoms with Gasteiger partial charge in [-0.15, -0.1) is 10.2 Å². The van der Waals surface area contributed by atoms with Crippen LogP contribution >= 0.6 is 0 Å². The first-order valence-corrected chi connectivity index (χ1v) is 7.32. The van der Waals surface area contributed by atoms with Gasteiger partial charge < -0.3 is 10.1 Å². The van der Waals surface area contributed by atoms with Crippen LogP contribution in [-0.4, -0.2) is 26.5 Å². The number of H-pyrrole nitrogens is 1. The average Bonchev–Trinajstić information content (AvgIpc) is 3.21. The normalized spacial score (nSPS) is 16.5. The van der Waals surface area contributed by atoms with Crippen molar-refractivity contribution in [3.63, 3.8) is 0 Å². The van der Waals surface area contributed by atoms with Crippen molar-refractivity contribution in [1.82, 2.24) is 20.6 Å². The van der Waals surface area contributed by atoms with Crippen LogP contribution in [0, 0.1) is 11.7 Å². The Kier molecular flexibility index (Phi) is 4.60. The van der Waals surface area contributed by atoms with Crippen molar-refractivity contribution >= 4 is 11.6 Å². The summed E-state index contributed by atoms with van der Waals surface area (Å²) in [6, 6.07) is 3.96. The summed E-state index contributed by atoms with van der Waals surface area (Å²) in [5.41, 5.74) is 0.418. The molecule has 1 aliphatic rings. The van der Waals surface area contributed by atoms with Gasteiger partial charge in [0.25, 0.3) is 0 Å². The Labute approximate surface area is 131 Å². The fourth-order valence-corrected chi connectivity index (χ4v) is 2.41. The Bertz CT molecular complexity index is 702. The van der Waals surface area contributed by atoms with Gasteiger partial charge in [-0.3, -0.25) is 4.79 Å². The highest BCUT2D eigenvalue weighted by atomic mass is 19.1. The Morgan fingerprint density at radius 2 is 2.39 bits per heavy atom. The van der Waals surface area contributed by atoms with Crippen LogP contribution in [0.2, 0.25) is 0 Å². The van der Waals surface area contributed by atoms with Crippen molar-refractivity contribution in [2.75, 3.05) is 5.32 Å². The molecule has 7 nitrogen and oxygen atoms in total. The number of hydrogen-bond acceptors (Lipinski definition) is 5. The molecule has 1 heterocycles. The van der Waals surface area contributed by atoms with E-state index in [-0.39, 0.29) is 24.2 Å². The predicted octanol–water partition coefficient (Wildman–Crippen LogP) is 2.21. The number of carbonyl (C=O) groups excluding carboxylic acids is 1. The highest BCUT2D eigenvalue weighted by Crippen LogP contribution is 2.27. The molecule has 3 rings (SSSR count). The highest BCUT2D eigenvalue weighted by Gasteiger charge is 2.16. The van der Waals surface area contributed by atoms with E-state index in [0.717, 1.165) is 12.8 Å². The molecule has 1 aliphatic carbocycles. The van der Waals surface area contributed by atoms with Crippen molar-refractivity contribution < 1.29 is 13.9 Å². The minimum absolute atomic E-state index is 0.0220. The van der Waals surface area contributed by atoms with Gasteiger partial charge in [0.05, 0.1) is 5.69 Å². The lowest BCUT2D eigenvalue weighted by Gasteiger charge is -2.13. The molecule has 2 aromatic rings. The molecule has 0 radical (unpaired) electrons. The van der Waals surface area contributed by atoms with E-state index < -0.39 is 5.82 Å². The van der Waals surface area contributed by atoms with Gasteiger partial charge in [0.15, 0.2) is 6.61 Å². The molecule has 23 heavy (non-hydrogen) atoms. The van der Waals surface area contributed by atoms with Gasteiger partial charge in [-0.25, -0.2) is 4.39 Å². The standard InChI is InChI=1S/C15H16FN5O2/c16-11-5-6-12(17-15(22)7-10-3-1-2-4-10)13(8-11)23-9-14-18-20-21-19-14/h1,3,5-6,8,10H,2,4,7,9H2,(H,17,22)(H,18,19,20,21). The zero-order valence-electron chi connectivity index (χ0n) is 12.3. The third kappa shape index (κ3) is 4.12. The Morgan fingerprint density at radius 3 is 3.13 bits per heavy atom. The monoisotopic (exact) mass is 317 g/mol. The maximum absolute atomic E-state index is 13.4. The molecule has 0 saturated heterocycles. The number of anilines is 1. The smallest absolute Gasteiger partial charge is 0.225 e. The first-order chi connectivity index (χ1) is 11.2. The maximum atomic E-state index is 13.4. The number of aromatic nitrogens is 4. The molecule has 1 aromatic carbocycles. The summed E-state index contributed by atoms with van der Waals surface area (Å²) in [6.45, 7) is 0.0220. The van der Waals surface area contributed by atoms with Crippen LogP contribution in [0.25, 0.3) is 0 Å². The van der Waals surface area contributed by atoms with Crippen molar-refractivity contribution in [3.8, 4) is 5.75 Å². The fraction of sp³-hybridized carbons (Fsp3) is 0.333. The first kappa shape index (κ1) is 15.1. The van der Waals surface area contributed by atoms with E-state index in [4.69, 9.17) is 4.74 Å². The molecule has 0 saturated carbocycles. The van der Waals surface area contributed by atoms with Crippen molar-refractivity contribution in [3.05, 3.63) is 42.0 Å². The van der Waals surface area contributed by atoms with Crippen LogP contribution < -0.4 is 10.1 Å². The number of amides is 1. The van der Waals surface area contributed by atoms with E-state index in [2.05, 4.69) is 38.1 Å². The lowest BCUT2D eigenvalue weighted by atomic mass is 10.1. The van der Waals surface area contributed by atoms with Crippen LogP contribution in [0.3, 0.4) is 0 Å². The zero-order chi connectivity index (χ0) is 16.1. The van der Waals surface area contributed by atoms with Crippen LogP contribution in [0.15, 0.2) is 30.4 Å². The molecular formula is C15H16FN5O2. The number of aromatic amines is 1.